The Morgan fingerprint density at radius 3 is 2.68 bits per heavy atom. The van der Waals surface area contributed by atoms with Gasteiger partial charge in [0.1, 0.15) is 11.5 Å². The Morgan fingerprint density at radius 2 is 1.96 bits per heavy atom. The predicted molar refractivity (Wildman–Crippen MR) is 119 cm³/mol. The largest absolute Gasteiger partial charge is 0.508 e. The molecule has 1 aliphatic carbocycles. The maximum atomic E-state index is 12.5. The van der Waals surface area contributed by atoms with Crippen LogP contribution in [-0.2, 0) is 16.6 Å². The molecule has 4 heteroatoms. The molecular weight excluding hydrogens is 370 g/mol. The summed E-state index contributed by atoms with van der Waals surface area (Å²) in [6, 6.07) is 6.37. The average Bonchev–Trinajstić information content (AvgIpc) is 2.64. The first-order valence-corrected chi connectivity index (χ1v) is 10.9. The van der Waals surface area contributed by atoms with E-state index >= 15 is 0 Å². The zero-order valence-electron chi connectivity index (χ0n) is 18.1. The summed E-state index contributed by atoms with van der Waals surface area (Å²) >= 11 is 0. The number of Topliss-reactive ketones (excluding diaryl/α,β-unsaturated/α-hetero) is 1. The highest BCUT2D eigenvalue weighted by Crippen LogP contribution is 2.58. The van der Waals surface area contributed by atoms with Gasteiger partial charge in [0.25, 0.3) is 0 Å². The molecule has 1 fully saturated rings. The number of likely N-dealkylation sites (tertiary alicyclic amines) is 1. The fourth-order valence-corrected chi connectivity index (χ4v) is 5.70. The van der Waals surface area contributed by atoms with Crippen molar-refractivity contribution < 1.29 is 9.90 Å². The third-order valence-corrected chi connectivity index (χ3v) is 7.83. The van der Waals surface area contributed by atoms with Crippen LogP contribution in [0, 0.1) is 5.41 Å². The van der Waals surface area contributed by atoms with Crippen LogP contribution in [0.4, 0.5) is 0 Å². The highest BCUT2D eigenvalue weighted by atomic mass is 35.5. The summed E-state index contributed by atoms with van der Waals surface area (Å²) in [6.07, 6.45) is 9.14. The molecule has 158 valence electrons. The van der Waals surface area contributed by atoms with Crippen LogP contribution in [0.5, 0.6) is 5.75 Å². The van der Waals surface area contributed by atoms with Gasteiger partial charge < -0.3 is 10.0 Å². The normalized spacial score (nSPS) is 29.1. The molecular formula is C24H38ClNO2. The second kappa shape index (κ2) is 9.17. The van der Waals surface area contributed by atoms with Crippen LogP contribution in [0.2, 0.25) is 0 Å². The first-order chi connectivity index (χ1) is 12.8. The second-order valence-electron chi connectivity index (χ2n) is 9.39. The van der Waals surface area contributed by atoms with Gasteiger partial charge in [-0.05, 0) is 68.0 Å². The van der Waals surface area contributed by atoms with Crippen LogP contribution in [0.1, 0.15) is 83.3 Å². The summed E-state index contributed by atoms with van der Waals surface area (Å²) in [4.78, 5) is 15.0. The van der Waals surface area contributed by atoms with Crippen molar-refractivity contribution in [3.05, 3.63) is 29.3 Å². The molecule has 0 saturated carbocycles. The molecule has 1 aromatic carbocycles. The fourth-order valence-electron chi connectivity index (χ4n) is 5.70. The van der Waals surface area contributed by atoms with E-state index in [1.54, 1.807) is 0 Å². The lowest BCUT2D eigenvalue weighted by Crippen LogP contribution is -2.64. The van der Waals surface area contributed by atoms with Gasteiger partial charge in [0.2, 0.25) is 0 Å². The van der Waals surface area contributed by atoms with Crippen molar-refractivity contribution >= 4 is 18.2 Å². The van der Waals surface area contributed by atoms with Crippen LogP contribution in [-0.4, -0.2) is 35.4 Å². The van der Waals surface area contributed by atoms with E-state index in [0.29, 0.717) is 24.0 Å². The molecule has 1 unspecified atom stereocenters. The number of aromatic hydroxyl groups is 1. The third kappa shape index (κ3) is 4.11. The summed E-state index contributed by atoms with van der Waals surface area (Å²) < 4.78 is 0. The maximum absolute atomic E-state index is 12.5. The van der Waals surface area contributed by atoms with Crippen LogP contribution < -0.4 is 0 Å². The number of unbranched alkanes of at least 4 members (excludes halogenated alkanes) is 3. The first-order valence-electron chi connectivity index (χ1n) is 10.9. The topological polar surface area (TPSA) is 40.5 Å². The zero-order chi connectivity index (χ0) is 19.7. The van der Waals surface area contributed by atoms with Crippen molar-refractivity contribution in [1.29, 1.82) is 0 Å². The van der Waals surface area contributed by atoms with Gasteiger partial charge in [-0.3, -0.25) is 4.79 Å². The highest BCUT2D eigenvalue weighted by molar-refractivity contribution is 5.85. The van der Waals surface area contributed by atoms with Gasteiger partial charge in [-0.1, -0.05) is 46.1 Å². The van der Waals surface area contributed by atoms with Crippen LogP contribution in [0.15, 0.2) is 18.2 Å². The van der Waals surface area contributed by atoms with Crippen molar-refractivity contribution in [2.45, 2.75) is 90.0 Å². The van der Waals surface area contributed by atoms with Gasteiger partial charge >= 0.3 is 0 Å². The number of fused-ring (bicyclic) bond motifs is 4. The highest BCUT2D eigenvalue weighted by Gasteiger charge is 2.57. The van der Waals surface area contributed by atoms with E-state index in [9.17, 15) is 9.90 Å². The third-order valence-electron chi connectivity index (χ3n) is 7.83. The van der Waals surface area contributed by atoms with Crippen molar-refractivity contribution in [2.24, 2.45) is 5.41 Å². The Bertz CT molecular complexity index is 691. The van der Waals surface area contributed by atoms with Crippen LogP contribution in [0.25, 0.3) is 0 Å². The number of phenolic OH excluding ortho intramolecular Hbond substituents is 1. The molecule has 0 amide bonds. The number of nitrogens with zero attached hydrogens (tertiary/aromatic N) is 1. The number of carbonyl (C=O) groups excluding carboxylic acids is 1. The molecule has 0 spiro atoms. The number of hydrogen-bond donors (Lipinski definition) is 1. The number of piperidine rings is 1. The van der Waals surface area contributed by atoms with Crippen molar-refractivity contribution in [2.75, 3.05) is 13.6 Å². The monoisotopic (exact) mass is 407 g/mol. The Hall–Kier alpha value is -1.06. The maximum Gasteiger partial charge on any atom is 0.132 e. The molecule has 2 bridgehead atoms. The molecule has 1 saturated heterocycles. The smallest absolute Gasteiger partial charge is 0.132 e. The quantitative estimate of drug-likeness (QED) is 0.565. The lowest BCUT2D eigenvalue weighted by molar-refractivity contribution is -0.121. The van der Waals surface area contributed by atoms with Gasteiger partial charge in [0.05, 0.1) is 0 Å². The molecule has 1 aliphatic heterocycles. The molecule has 1 aromatic rings. The Labute approximate surface area is 177 Å². The van der Waals surface area contributed by atoms with E-state index < -0.39 is 0 Å². The summed E-state index contributed by atoms with van der Waals surface area (Å²) in [5.41, 5.74) is 2.75. The predicted octanol–water partition coefficient (Wildman–Crippen LogP) is 5.66. The van der Waals surface area contributed by atoms with Gasteiger partial charge in [-0.15, -0.1) is 12.4 Å². The molecule has 3 rings (SSSR count). The van der Waals surface area contributed by atoms with Crippen LogP contribution in [0.3, 0.4) is 0 Å². The van der Waals surface area contributed by atoms with E-state index in [0.717, 1.165) is 38.6 Å². The van der Waals surface area contributed by atoms with Crippen molar-refractivity contribution in [1.82, 2.24) is 4.90 Å². The minimum Gasteiger partial charge on any atom is -0.508 e. The summed E-state index contributed by atoms with van der Waals surface area (Å²) in [6.45, 7) is 8.05. The minimum atomic E-state index is 0. The molecule has 0 aromatic heterocycles. The summed E-state index contributed by atoms with van der Waals surface area (Å²) in [5.74, 6) is 0.792. The Kier molecular flexibility index (Phi) is 7.61. The molecule has 3 nitrogen and oxygen atoms in total. The number of carbonyl (C=O) groups is 1. The van der Waals surface area contributed by atoms with Crippen molar-refractivity contribution in [3.63, 3.8) is 0 Å². The summed E-state index contributed by atoms with van der Waals surface area (Å²) in [7, 11) is 2.24. The lowest BCUT2D eigenvalue weighted by atomic mass is 9.49. The van der Waals surface area contributed by atoms with Gasteiger partial charge in [0.15, 0.2) is 0 Å². The molecule has 3 atom stereocenters. The first kappa shape index (κ1) is 23.2. The molecule has 28 heavy (non-hydrogen) atoms. The van der Waals surface area contributed by atoms with E-state index in [-0.39, 0.29) is 23.2 Å². The number of ketones is 1. The number of likely N-dealkylation sites (N-methyl/N-ethyl adjacent to an activating group) is 1. The fraction of sp³-hybridized carbons (Fsp3) is 0.708. The van der Waals surface area contributed by atoms with E-state index in [4.69, 9.17) is 0 Å². The number of halogens is 1. The standard InChI is InChI=1S/C24H37NO2.ClH/c1-5-6-7-8-9-19(26)12-13-24(3)22-16-18-10-11-20(27)17-21(18)23(24,2)14-15-25(22)4;/h10-11,17,22,27H,5-9,12-16H2,1-4H3;1H/t22?,23-,24-;/m1./s1. The molecule has 0 radical (unpaired) electrons. The number of phenols is 1. The lowest BCUT2D eigenvalue weighted by Gasteiger charge is -2.62. The molecule has 1 heterocycles. The van der Waals surface area contributed by atoms with Crippen LogP contribution >= 0.6 is 12.4 Å². The number of hydrogen-bond acceptors (Lipinski definition) is 3. The number of benzene rings is 1. The zero-order valence-corrected chi connectivity index (χ0v) is 18.9. The Morgan fingerprint density at radius 1 is 1.21 bits per heavy atom. The van der Waals surface area contributed by atoms with E-state index in [1.165, 1.54) is 30.4 Å². The molecule has 2 aliphatic rings. The second-order valence-corrected chi connectivity index (χ2v) is 9.39. The average molecular weight is 408 g/mol. The number of rotatable bonds is 8. The minimum absolute atomic E-state index is 0. The SMILES string of the molecule is CCCCCCC(=O)CC[C@]1(C)C2Cc3ccc(O)cc3[C@@]1(C)CCN2C.Cl. The van der Waals surface area contributed by atoms with Crippen molar-refractivity contribution in [3.8, 4) is 5.75 Å². The Balaban J connectivity index is 0.00000280. The molecule has 1 N–H and O–H groups in total. The van der Waals surface area contributed by atoms with E-state index in [2.05, 4.69) is 38.8 Å². The van der Waals surface area contributed by atoms with Gasteiger partial charge in [-0.25, -0.2) is 0 Å². The summed E-state index contributed by atoms with van der Waals surface area (Å²) in [5, 5.41) is 10.1. The van der Waals surface area contributed by atoms with E-state index in [1.807, 2.05) is 12.1 Å². The van der Waals surface area contributed by atoms with Gasteiger partial charge in [-0.2, -0.15) is 0 Å². The van der Waals surface area contributed by atoms with Gasteiger partial charge in [0, 0.05) is 24.3 Å².